The number of allylic oxidation sites excluding steroid dienone is 1. The van der Waals surface area contributed by atoms with Gasteiger partial charge in [0.25, 0.3) is 0 Å². The molecule has 0 amide bonds. The molecule has 3 rings (SSSR count). The van der Waals surface area contributed by atoms with Crippen LogP contribution in [0.5, 0.6) is 0 Å². The van der Waals surface area contributed by atoms with Gasteiger partial charge in [0.05, 0.1) is 18.4 Å². The average molecular weight is 295 g/mol. The van der Waals surface area contributed by atoms with Crippen LogP contribution in [0.1, 0.15) is 0 Å². The molecular formula is C11H9BrN3O2. The quantitative estimate of drug-likeness (QED) is 0.753. The number of nitrogens with zero attached hydrogens (tertiary/aromatic N) is 3. The van der Waals surface area contributed by atoms with E-state index < -0.39 is 0 Å². The second-order valence-corrected chi connectivity index (χ2v) is 4.81. The van der Waals surface area contributed by atoms with Gasteiger partial charge in [-0.05, 0) is 18.2 Å². The van der Waals surface area contributed by atoms with E-state index in [-0.39, 0.29) is 12.4 Å². The van der Waals surface area contributed by atoms with Gasteiger partial charge < -0.3 is 0 Å². The number of benzene rings is 1. The van der Waals surface area contributed by atoms with E-state index >= 15 is 0 Å². The highest BCUT2D eigenvalue weighted by molar-refractivity contribution is 9.10. The molecule has 1 aromatic rings. The van der Waals surface area contributed by atoms with E-state index in [1.165, 1.54) is 0 Å². The van der Waals surface area contributed by atoms with Gasteiger partial charge in [-0.15, -0.1) is 0 Å². The molecule has 0 unspecified atom stereocenters. The summed E-state index contributed by atoms with van der Waals surface area (Å²) in [5, 5.41) is 24.6. The fourth-order valence-electron chi connectivity index (χ4n) is 1.95. The molecule has 1 fully saturated rings. The summed E-state index contributed by atoms with van der Waals surface area (Å²) in [4.78, 5) is 4.35. The zero-order chi connectivity index (χ0) is 12.0. The lowest BCUT2D eigenvalue weighted by atomic mass is 10.3. The Hall–Kier alpha value is -1.37. The summed E-state index contributed by atoms with van der Waals surface area (Å²) in [7, 11) is 0. The Balaban J connectivity index is 2.18. The third kappa shape index (κ3) is 1.74. The van der Waals surface area contributed by atoms with Gasteiger partial charge in [0.2, 0.25) is 0 Å². The smallest absolute Gasteiger partial charge is 0.181 e. The molecule has 1 saturated heterocycles. The number of hydrogen-bond acceptors (Lipinski definition) is 4. The van der Waals surface area contributed by atoms with Crippen molar-refractivity contribution >= 4 is 22.0 Å². The molecule has 0 spiro atoms. The van der Waals surface area contributed by atoms with E-state index in [4.69, 9.17) is 0 Å². The first-order valence-corrected chi connectivity index (χ1v) is 5.96. The Labute approximate surface area is 106 Å². The van der Waals surface area contributed by atoms with Crippen LogP contribution in [0.4, 0.5) is 0 Å². The number of rotatable bonds is 0. The van der Waals surface area contributed by atoms with Gasteiger partial charge in [0.15, 0.2) is 5.82 Å². The van der Waals surface area contributed by atoms with Gasteiger partial charge in [-0.25, -0.2) is 10.1 Å². The van der Waals surface area contributed by atoms with Crippen molar-refractivity contribution in [1.29, 1.82) is 0 Å². The molecule has 2 aliphatic heterocycles. The number of halogens is 1. The molecule has 1 radical (unpaired) electrons. The maximum absolute atomic E-state index is 11.6. The van der Waals surface area contributed by atoms with E-state index in [1.54, 1.807) is 6.08 Å². The molecule has 17 heavy (non-hydrogen) atoms. The lowest BCUT2D eigenvalue weighted by Crippen LogP contribution is -2.20. The third-order valence-electron chi connectivity index (χ3n) is 2.75. The van der Waals surface area contributed by atoms with Gasteiger partial charge >= 0.3 is 0 Å². The lowest BCUT2D eigenvalue weighted by molar-refractivity contribution is -0.138. The predicted molar refractivity (Wildman–Crippen MR) is 62.3 cm³/mol. The van der Waals surface area contributed by atoms with Crippen molar-refractivity contribution in [2.24, 2.45) is 4.99 Å². The highest BCUT2D eigenvalue weighted by Crippen LogP contribution is 2.21. The Kier molecular flexibility index (Phi) is 2.43. The van der Waals surface area contributed by atoms with Gasteiger partial charge in [0, 0.05) is 9.69 Å². The second-order valence-electron chi connectivity index (χ2n) is 3.89. The lowest BCUT2D eigenvalue weighted by Gasteiger charge is -2.12. The summed E-state index contributed by atoms with van der Waals surface area (Å²) >= 11 is 3.37. The average Bonchev–Trinajstić information content (AvgIpc) is 2.81. The normalized spacial score (nSPS) is 22.5. The maximum Gasteiger partial charge on any atom is 0.181 e. The van der Waals surface area contributed by atoms with Crippen LogP contribution in [0.2, 0.25) is 0 Å². The first kappa shape index (κ1) is 10.8. The second kappa shape index (κ2) is 3.83. The van der Waals surface area contributed by atoms with Crippen molar-refractivity contribution in [1.82, 2.24) is 10.1 Å². The fraction of sp³-hybridized carbons (Fsp3) is 0.182. The SMILES string of the molecule is [O]N1CCN(O)/C1=C1\C=c2ccc(Br)cc2=N1. The summed E-state index contributed by atoms with van der Waals surface area (Å²) in [5.74, 6) is 0.220. The van der Waals surface area contributed by atoms with Crippen LogP contribution < -0.4 is 10.6 Å². The van der Waals surface area contributed by atoms with E-state index in [0.29, 0.717) is 12.2 Å². The molecule has 1 N–H and O–H groups in total. The predicted octanol–water partition coefficient (Wildman–Crippen LogP) is 0.384. The van der Waals surface area contributed by atoms with Crippen LogP contribution in [0.25, 0.3) is 6.08 Å². The molecule has 87 valence electrons. The molecule has 2 aliphatic rings. The van der Waals surface area contributed by atoms with E-state index in [1.807, 2.05) is 18.2 Å². The molecule has 0 aliphatic carbocycles. The van der Waals surface area contributed by atoms with Gasteiger partial charge in [-0.2, -0.15) is 5.06 Å². The zero-order valence-corrected chi connectivity index (χ0v) is 10.4. The largest absolute Gasteiger partial charge is 0.287 e. The summed E-state index contributed by atoms with van der Waals surface area (Å²) in [6.45, 7) is 0.574. The molecule has 6 heteroatoms. The molecule has 0 aromatic heterocycles. The summed E-state index contributed by atoms with van der Waals surface area (Å²) in [6, 6.07) is 5.71. The Morgan fingerprint density at radius 1 is 1.35 bits per heavy atom. The Morgan fingerprint density at radius 2 is 2.18 bits per heavy atom. The zero-order valence-electron chi connectivity index (χ0n) is 8.80. The van der Waals surface area contributed by atoms with Crippen molar-refractivity contribution in [3.63, 3.8) is 0 Å². The van der Waals surface area contributed by atoms with Crippen LogP contribution in [0, 0.1) is 0 Å². The first-order chi connectivity index (χ1) is 8.15. The Bertz CT molecular complexity index is 614. The van der Waals surface area contributed by atoms with Crippen molar-refractivity contribution in [2.45, 2.75) is 0 Å². The standard InChI is InChI=1S/C11H9BrN3O2/c12-8-2-1-7-5-10(13-9(7)6-8)11-14(16)3-4-15(11)17/h1-2,5-6,16H,3-4H2/b11-10-. The third-order valence-corrected chi connectivity index (χ3v) is 3.24. The van der Waals surface area contributed by atoms with Gasteiger partial charge in [-0.1, -0.05) is 27.2 Å². The molecule has 0 bridgehead atoms. The molecular weight excluding hydrogens is 286 g/mol. The molecule has 2 heterocycles. The minimum atomic E-state index is 0.220. The van der Waals surface area contributed by atoms with Crippen molar-refractivity contribution in [3.8, 4) is 0 Å². The molecule has 1 aromatic carbocycles. The van der Waals surface area contributed by atoms with E-state index in [0.717, 1.165) is 25.2 Å². The Morgan fingerprint density at radius 3 is 2.88 bits per heavy atom. The minimum absolute atomic E-state index is 0.220. The topological polar surface area (TPSA) is 59.0 Å². The van der Waals surface area contributed by atoms with Crippen LogP contribution in [0.3, 0.4) is 0 Å². The van der Waals surface area contributed by atoms with Crippen molar-refractivity contribution < 1.29 is 10.4 Å². The highest BCUT2D eigenvalue weighted by Gasteiger charge is 2.27. The first-order valence-electron chi connectivity index (χ1n) is 5.16. The highest BCUT2D eigenvalue weighted by atomic mass is 79.9. The number of hydrogen-bond donors (Lipinski definition) is 1. The van der Waals surface area contributed by atoms with Crippen molar-refractivity contribution in [3.05, 3.63) is 44.8 Å². The van der Waals surface area contributed by atoms with Gasteiger partial charge in [0.1, 0.15) is 5.70 Å². The molecule has 0 saturated carbocycles. The summed E-state index contributed by atoms with van der Waals surface area (Å²) in [6.07, 6.45) is 1.80. The van der Waals surface area contributed by atoms with Crippen LogP contribution >= 0.6 is 15.9 Å². The van der Waals surface area contributed by atoms with Gasteiger partial charge in [-0.3, -0.25) is 5.21 Å². The van der Waals surface area contributed by atoms with Crippen LogP contribution in [0.15, 0.2) is 39.2 Å². The minimum Gasteiger partial charge on any atom is -0.287 e. The summed E-state index contributed by atoms with van der Waals surface area (Å²) < 4.78 is 0.936. The maximum atomic E-state index is 11.6. The monoisotopic (exact) mass is 294 g/mol. The number of hydroxylamine groups is 4. The van der Waals surface area contributed by atoms with E-state index in [2.05, 4.69) is 20.9 Å². The molecule has 0 atom stereocenters. The van der Waals surface area contributed by atoms with Crippen molar-refractivity contribution in [2.75, 3.05) is 13.1 Å². The van der Waals surface area contributed by atoms with Crippen LogP contribution in [-0.2, 0) is 5.21 Å². The number of fused-ring (bicyclic) bond motifs is 1. The van der Waals surface area contributed by atoms with E-state index in [9.17, 15) is 10.4 Å². The fourth-order valence-corrected chi connectivity index (χ4v) is 2.29. The van der Waals surface area contributed by atoms with Crippen LogP contribution in [-0.4, -0.2) is 28.4 Å². The summed E-state index contributed by atoms with van der Waals surface area (Å²) in [5.41, 5.74) is 0.508. The molecule has 5 nitrogen and oxygen atoms in total.